The monoisotopic (exact) mass is 351 g/mol. The average molecular weight is 351 g/mol. The lowest BCUT2D eigenvalue weighted by Crippen LogP contribution is -2.49. The van der Waals surface area contributed by atoms with E-state index in [0.717, 1.165) is 16.8 Å². The molecule has 2 aromatic rings. The number of carbonyl (C=O) groups excluding carboxylic acids is 1. The molecule has 6 heteroatoms. The summed E-state index contributed by atoms with van der Waals surface area (Å²) in [5, 5.41) is 10.7. The lowest BCUT2D eigenvalue weighted by molar-refractivity contribution is -0.384. The Morgan fingerprint density at radius 3 is 2.19 bits per heavy atom. The van der Waals surface area contributed by atoms with Gasteiger partial charge >= 0.3 is 0 Å². The summed E-state index contributed by atoms with van der Waals surface area (Å²) in [6, 6.07) is 16.4. The Morgan fingerprint density at radius 2 is 1.62 bits per heavy atom. The molecule has 0 unspecified atom stereocenters. The molecule has 0 saturated carbocycles. The first-order valence-electron chi connectivity index (χ1n) is 8.56. The Kier molecular flexibility index (Phi) is 5.31. The molecule has 0 radical (unpaired) electrons. The van der Waals surface area contributed by atoms with Crippen molar-refractivity contribution in [3.63, 3.8) is 0 Å². The minimum absolute atomic E-state index is 0.0530. The van der Waals surface area contributed by atoms with Gasteiger partial charge < -0.3 is 9.80 Å². The number of anilines is 1. The maximum absolute atomic E-state index is 12.6. The van der Waals surface area contributed by atoms with Gasteiger partial charge in [-0.1, -0.05) is 30.3 Å². The van der Waals surface area contributed by atoms with Crippen LogP contribution in [0.25, 0.3) is 6.08 Å². The van der Waals surface area contributed by atoms with E-state index in [1.54, 1.807) is 12.1 Å². The fourth-order valence-electron chi connectivity index (χ4n) is 3.06. The van der Waals surface area contributed by atoms with Crippen LogP contribution in [0, 0.1) is 10.1 Å². The fourth-order valence-corrected chi connectivity index (χ4v) is 3.06. The first-order valence-corrected chi connectivity index (χ1v) is 8.56. The predicted octanol–water partition coefficient (Wildman–Crippen LogP) is 3.35. The Hall–Kier alpha value is -3.15. The molecule has 2 aromatic carbocycles. The van der Waals surface area contributed by atoms with Crippen LogP contribution >= 0.6 is 0 Å². The van der Waals surface area contributed by atoms with E-state index in [4.69, 9.17) is 0 Å². The van der Waals surface area contributed by atoms with Gasteiger partial charge in [0.15, 0.2) is 0 Å². The normalized spacial score (nSPS) is 15.0. The Bertz CT molecular complexity index is 808. The summed E-state index contributed by atoms with van der Waals surface area (Å²) in [6.07, 6.45) is 1.91. The van der Waals surface area contributed by atoms with Crippen LogP contribution in [0.5, 0.6) is 0 Å². The smallest absolute Gasteiger partial charge is 0.269 e. The van der Waals surface area contributed by atoms with Crippen molar-refractivity contribution in [2.24, 2.45) is 0 Å². The zero-order chi connectivity index (χ0) is 18.5. The van der Waals surface area contributed by atoms with E-state index in [1.807, 2.05) is 48.2 Å². The fraction of sp³-hybridized carbons (Fsp3) is 0.250. The van der Waals surface area contributed by atoms with Gasteiger partial charge in [0.2, 0.25) is 5.91 Å². The second kappa shape index (κ2) is 7.82. The van der Waals surface area contributed by atoms with E-state index in [-0.39, 0.29) is 11.6 Å². The molecule has 0 N–H and O–H groups in total. The highest BCUT2D eigenvalue weighted by Gasteiger charge is 2.22. The second-order valence-corrected chi connectivity index (χ2v) is 6.29. The van der Waals surface area contributed by atoms with E-state index in [2.05, 4.69) is 4.90 Å². The maximum atomic E-state index is 12.6. The number of piperazine rings is 1. The van der Waals surface area contributed by atoms with Crippen LogP contribution in [0.1, 0.15) is 12.5 Å². The van der Waals surface area contributed by atoms with Gasteiger partial charge in [-0.2, -0.15) is 0 Å². The molecule has 1 fully saturated rings. The first kappa shape index (κ1) is 17.7. The van der Waals surface area contributed by atoms with Gasteiger partial charge in [-0.15, -0.1) is 0 Å². The summed E-state index contributed by atoms with van der Waals surface area (Å²) in [7, 11) is 0. The molecule has 134 valence electrons. The molecule has 0 aromatic heterocycles. The highest BCUT2D eigenvalue weighted by Crippen LogP contribution is 2.21. The van der Waals surface area contributed by atoms with Crippen LogP contribution in [0.3, 0.4) is 0 Å². The summed E-state index contributed by atoms with van der Waals surface area (Å²) in [4.78, 5) is 27.0. The van der Waals surface area contributed by atoms with E-state index < -0.39 is 4.92 Å². The van der Waals surface area contributed by atoms with E-state index in [9.17, 15) is 14.9 Å². The molecule has 0 aliphatic carbocycles. The Morgan fingerprint density at radius 1 is 1.00 bits per heavy atom. The largest absolute Gasteiger partial charge is 0.368 e. The van der Waals surface area contributed by atoms with Crippen molar-refractivity contribution in [2.45, 2.75) is 6.92 Å². The zero-order valence-electron chi connectivity index (χ0n) is 14.7. The third-order valence-corrected chi connectivity index (χ3v) is 4.51. The summed E-state index contributed by atoms with van der Waals surface area (Å²) in [6.45, 7) is 4.54. The maximum Gasteiger partial charge on any atom is 0.269 e. The Balaban J connectivity index is 1.60. The van der Waals surface area contributed by atoms with Gasteiger partial charge in [0.25, 0.3) is 5.69 Å². The van der Waals surface area contributed by atoms with Crippen molar-refractivity contribution in [3.8, 4) is 0 Å². The molecule has 6 nitrogen and oxygen atoms in total. The van der Waals surface area contributed by atoms with Crippen LogP contribution in [0.2, 0.25) is 0 Å². The predicted molar refractivity (Wildman–Crippen MR) is 102 cm³/mol. The molecule has 1 aliphatic heterocycles. The van der Waals surface area contributed by atoms with Gasteiger partial charge in [-0.3, -0.25) is 14.9 Å². The van der Waals surface area contributed by atoms with E-state index >= 15 is 0 Å². The third kappa shape index (κ3) is 4.08. The van der Waals surface area contributed by atoms with Crippen molar-refractivity contribution in [2.75, 3.05) is 31.1 Å². The number of hydrogen-bond donors (Lipinski definition) is 0. The standard InChI is InChI=1S/C20H21N3O3/c1-16(15-17-5-3-2-4-6-17)20(24)22-13-11-21(12-14-22)18-7-9-19(10-8-18)23(25)26/h2-10,15H,11-14H2,1H3. The molecule has 0 spiro atoms. The first-order chi connectivity index (χ1) is 12.5. The van der Waals surface area contributed by atoms with Crippen molar-refractivity contribution < 1.29 is 9.72 Å². The second-order valence-electron chi connectivity index (χ2n) is 6.29. The number of hydrogen-bond acceptors (Lipinski definition) is 4. The molecule has 0 bridgehead atoms. The quantitative estimate of drug-likeness (QED) is 0.481. The number of nitro groups is 1. The SMILES string of the molecule is CC(=Cc1ccccc1)C(=O)N1CCN(c2ccc([N+](=O)[O-])cc2)CC1. The highest BCUT2D eigenvalue weighted by atomic mass is 16.6. The van der Waals surface area contributed by atoms with Gasteiger partial charge in [0.05, 0.1) is 4.92 Å². The number of amides is 1. The summed E-state index contributed by atoms with van der Waals surface area (Å²) < 4.78 is 0. The molecule has 1 heterocycles. The number of rotatable bonds is 4. The van der Waals surface area contributed by atoms with Gasteiger partial charge in [-0.05, 0) is 30.7 Å². The molecule has 1 amide bonds. The van der Waals surface area contributed by atoms with E-state index in [0.29, 0.717) is 26.2 Å². The molecular weight excluding hydrogens is 330 g/mol. The third-order valence-electron chi connectivity index (χ3n) is 4.51. The number of non-ortho nitro benzene ring substituents is 1. The molecule has 1 saturated heterocycles. The van der Waals surface area contributed by atoms with E-state index in [1.165, 1.54) is 12.1 Å². The van der Waals surface area contributed by atoms with Gasteiger partial charge in [-0.25, -0.2) is 0 Å². The lowest BCUT2D eigenvalue weighted by Gasteiger charge is -2.36. The van der Waals surface area contributed by atoms with Gasteiger partial charge in [0.1, 0.15) is 0 Å². The van der Waals surface area contributed by atoms with Crippen molar-refractivity contribution >= 4 is 23.4 Å². The van der Waals surface area contributed by atoms with Crippen LogP contribution < -0.4 is 4.90 Å². The minimum Gasteiger partial charge on any atom is -0.368 e. The molecular formula is C20H21N3O3. The van der Waals surface area contributed by atoms with Gasteiger partial charge in [0, 0.05) is 49.6 Å². The topological polar surface area (TPSA) is 66.7 Å². The molecule has 1 aliphatic rings. The molecule has 3 rings (SSSR count). The lowest BCUT2D eigenvalue weighted by atomic mass is 10.1. The van der Waals surface area contributed by atoms with Crippen molar-refractivity contribution in [1.29, 1.82) is 0 Å². The highest BCUT2D eigenvalue weighted by molar-refractivity contribution is 5.97. The van der Waals surface area contributed by atoms with Crippen LogP contribution in [-0.4, -0.2) is 41.9 Å². The number of benzene rings is 2. The number of carbonyl (C=O) groups is 1. The summed E-state index contributed by atoms with van der Waals surface area (Å²) >= 11 is 0. The van der Waals surface area contributed by atoms with Crippen molar-refractivity contribution in [1.82, 2.24) is 4.90 Å². The zero-order valence-corrected chi connectivity index (χ0v) is 14.7. The average Bonchev–Trinajstić information content (AvgIpc) is 2.68. The Labute approximate surface area is 152 Å². The van der Waals surface area contributed by atoms with Crippen LogP contribution in [-0.2, 0) is 4.79 Å². The molecule has 26 heavy (non-hydrogen) atoms. The minimum atomic E-state index is -0.401. The number of nitrogens with zero attached hydrogens (tertiary/aromatic N) is 3. The molecule has 0 atom stereocenters. The summed E-state index contributed by atoms with van der Waals surface area (Å²) in [5.41, 5.74) is 2.77. The summed E-state index contributed by atoms with van der Waals surface area (Å²) in [5.74, 6) is 0.0530. The number of nitro benzene ring substituents is 1. The van der Waals surface area contributed by atoms with Crippen molar-refractivity contribution in [3.05, 3.63) is 75.8 Å². The van der Waals surface area contributed by atoms with Crippen LogP contribution in [0.15, 0.2) is 60.2 Å². The van der Waals surface area contributed by atoms with Crippen LogP contribution in [0.4, 0.5) is 11.4 Å².